The summed E-state index contributed by atoms with van der Waals surface area (Å²) in [6.07, 6.45) is -6.77. The second-order valence-corrected chi connectivity index (χ2v) is 7.15. The van der Waals surface area contributed by atoms with Crippen molar-refractivity contribution in [1.82, 2.24) is 19.6 Å². The summed E-state index contributed by atoms with van der Waals surface area (Å²) < 4.78 is 97.2. The maximum Gasteiger partial charge on any atom is 0.435 e. The van der Waals surface area contributed by atoms with Crippen molar-refractivity contribution in [1.29, 1.82) is 0 Å². The number of carbonyl (C=O) groups is 1. The molecule has 0 atom stereocenters. The first kappa shape index (κ1) is 23.3. The van der Waals surface area contributed by atoms with Crippen LogP contribution in [0, 0.1) is 11.6 Å². The first-order valence-corrected chi connectivity index (χ1v) is 9.08. The molecule has 0 bridgehead atoms. The number of amides is 1. The van der Waals surface area contributed by atoms with Gasteiger partial charge in [0.25, 0.3) is 12.3 Å². The Morgan fingerprint density at radius 1 is 1.16 bits per heavy atom. The zero-order valence-corrected chi connectivity index (χ0v) is 16.8. The third-order valence-electron chi connectivity index (χ3n) is 4.49. The van der Waals surface area contributed by atoms with Crippen LogP contribution < -0.4 is 5.32 Å². The molecule has 6 nitrogen and oxygen atoms in total. The lowest BCUT2D eigenvalue weighted by atomic mass is 10.0. The summed E-state index contributed by atoms with van der Waals surface area (Å²) in [6, 6.07) is 1.29. The van der Waals surface area contributed by atoms with Crippen molar-refractivity contribution in [3.05, 3.63) is 58.7 Å². The van der Waals surface area contributed by atoms with Crippen LogP contribution >= 0.6 is 0 Å². The molecule has 1 amide bonds. The molecule has 0 aliphatic heterocycles. The highest BCUT2D eigenvalue weighted by Crippen LogP contribution is 2.39. The van der Waals surface area contributed by atoms with E-state index in [9.17, 15) is 35.5 Å². The van der Waals surface area contributed by atoms with Gasteiger partial charge >= 0.3 is 6.18 Å². The molecule has 0 aliphatic rings. The fraction of sp³-hybridized carbons (Fsp3) is 0.316. The van der Waals surface area contributed by atoms with E-state index in [-0.39, 0.29) is 10.2 Å². The van der Waals surface area contributed by atoms with Gasteiger partial charge in [-0.15, -0.1) is 0 Å². The molecule has 13 heteroatoms. The Labute approximate surface area is 176 Å². The fourth-order valence-electron chi connectivity index (χ4n) is 3.16. The number of aryl methyl sites for hydroxylation is 1. The highest BCUT2D eigenvalue weighted by atomic mass is 19.4. The van der Waals surface area contributed by atoms with E-state index >= 15 is 0 Å². The third kappa shape index (κ3) is 4.32. The van der Waals surface area contributed by atoms with Crippen molar-refractivity contribution >= 4 is 11.6 Å². The topological polar surface area (TPSA) is 64.7 Å². The Kier molecular flexibility index (Phi) is 6.03. The van der Waals surface area contributed by atoms with E-state index in [1.54, 1.807) is 0 Å². The Morgan fingerprint density at radius 3 is 2.38 bits per heavy atom. The molecular formula is C19H16F7N5O. The van der Waals surface area contributed by atoms with Gasteiger partial charge in [0, 0.05) is 19.3 Å². The Bertz CT molecular complexity index is 1160. The minimum Gasteiger partial charge on any atom is -0.319 e. The van der Waals surface area contributed by atoms with Crippen molar-refractivity contribution in [2.24, 2.45) is 7.05 Å². The Hall–Kier alpha value is -3.38. The highest BCUT2D eigenvalue weighted by molar-refractivity contribution is 6.05. The van der Waals surface area contributed by atoms with Crippen LogP contribution in [0.5, 0.6) is 0 Å². The summed E-state index contributed by atoms with van der Waals surface area (Å²) in [7, 11) is 1.26. The highest BCUT2D eigenvalue weighted by Gasteiger charge is 2.41. The van der Waals surface area contributed by atoms with Crippen molar-refractivity contribution in [2.45, 2.75) is 32.4 Å². The van der Waals surface area contributed by atoms with Crippen molar-refractivity contribution < 1.29 is 35.5 Å². The molecule has 0 saturated heterocycles. The fourth-order valence-corrected chi connectivity index (χ4v) is 3.16. The molecule has 1 aromatic carbocycles. The van der Waals surface area contributed by atoms with Gasteiger partial charge < -0.3 is 5.32 Å². The summed E-state index contributed by atoms with van der Waals surface area (Å²) in [5, 5.41) is 8.86. The summed E-state index contributed by atoms with van der Waals surface area (Å²) in [6.45, 7) is 3.04. The normalized spacial score (nSPS) is 12.1. The number of hydrogen-bond acceptors (Lipinski definition) is 3. The molecule has 0 spiro atoms. The standard InChI is InChI=1S/C19H16F7N5O/c1-8(2)10-4-9(20)5-12(21)15(10)31-16(19(24,25)26)13(6-27-31)28-18(32)11-7-30(3)29-14(11)17(22)23/h4-8,17H,1-3H3,(H,28,32). The lowest BCUT2D eigenvalue weighted by Crippen LogP contribution is -2.20. The van der Waals surface area contributed by atoms with Gasteiger partial charge in [0.05, 0.1) is 17.4 Å². The largest absolute Gasteiger partial charge is 0.435 e. The first-order valence-electron chi connectivity index (χ1n) is 9.08. The van der Waals surface area contributed by atoms with Crippen LogP contribution in [-0.4, -0.2) is 25.5 Å². The van der Waals surface area contributed by atoms with Crippen LogP contribution in [0.4, 0.5) is 36.4 Å². The van der Waals surface area contributed by atoms with E-state index in [0.717, 1.165) is 16.9 Å². The molecule has 2 heterocycles. The number of carbonyl (C=O) groups excluding carboxylic acids is 1. The number of anilines is 1. The minimum atomic E-state index is -5.14. The van der Waals surface area contributed by atoms with E-state index in [0.29, 0.717) is 12.3 Å². The number of alkyl halides is 5. The smallest absolute Gasteiger partial charge is 0.319 e. The average Bonchev–Trinajstić information content (AvgIpc) is 3.24. The molecule has 3 rings (SSSR count). The van der Waals surface area contributed by atoms with E-state index in [2.05, 4.69) is 10.2 Å². The van der Waals surface area contributed by atoms with Gasteiger partial charge in [0.2, 0.25) is 0 Å². The number of nitrogens with zero attached hydrogens (tertiary/aromatic N) is 4. The predicted octanol–water partition coefficient (Wildman–Crippen LogP) is 5.22. The maximum atomic E-state index is 14.6. The van der Waals surface area contributed by atoms with Gasteiger partial charge in [-0.3, -0.25) is 9.48 Å². The summed E-state index contributed by atoms with van der Waals surface area (Å²) in [5.41, 5.74) is -4.77. The maximum absolute atomic E-state index is 14.6. The van der Waals surface area contributed by atoms with Gasteiger partial charge in [-0.25, -0.2) is 22.2 Å². The molecule has 2 aromatic heterocycles. The van der Waals surface area contributed by atoms with Crippen LogP contribution in [0.3, 0.4) is 0 Å². The van der Waals surface area contributed by atoms with Gasteiger partial charge in [0.1, 0.15) is 17.2 Å². The van der Waals surface area contributed by atoms with Crippen molar-refractivity contribution in [2.75, 3.05) is 5.32 Å². The summed E-state index contributed by atoms with van der Waals surface area (Å²) in [4.78, 5) is 12.4. The number of benzene rings is 1. The molecule has 0 radical (unpaired) electrons. The third-order valence-corrected chi connectivity index (χ3v) is 4.49. The molecule has 1 N–H and O–H groups in total. The van der Waals surface area contributed by atoms with E-state index in [1.807, 2.05) is 5.32 Å². The molecule has 3 aromatic rings. The van der Waals surface area contributed by atoms with Gasteiger partial charge in [-0.05, 0) is 17.5 Å². The van der Waals surface area contributed by atoms with E-state index in [4.69, 9.17) is 0 Å². The molecule has 172 valence electrons. The number of aromatic nitrogens is 4. The molecule has 32 heavy (non-hydrogen) atoms. The average molecular weight is 463 g/mol. The lowest BCUT2D eigenvalue weighted by Gasteiger charge is -2.18. The lowest BCUT2D eigenvalue weighted by molar-refractivity contribution is -0.142. The van der Waals surface area contributed by atoms with Crippen LogP contribution in [0.25, 0.3) is 5.69 Å². The van der Waals surface area contributed by atoms with Crippen molar-refractivity contribution in [3.8, 4) is 5.69 Å². The first-order chi connectivity index (χ1) is 14.8. The summed E-state index contributed by atoms with van der Waals surface area (Å²) in [5.74, 6) is -4.16. The quantitative estimate of drug-likeness (QED) is 0.528. The molecule has 0 fully saturated rings. The minimum absolute atomic E-state index is 0.0961. The van der Waals surface area contributed by atoms with E-state index in [1.165, 1.54) is 20.9 Å². The SMILES string of the molecule is CC(C)c1cc(F)cc(F)c1-n1ncc(NC(=O)c2cn(C)nc2C(F)F)c1C(F)(F)F. The number of halogens is 7. The molecular weight excluding hydrogens is 447 g/mol. The number of rotatable bonds is 5. The van der Waals surface area contributed by atoms with E-state index < -0.39 is 64.4 Å². The second kappa shape index (κ2) is 8.28. The molecule has 0 saturated carbocycles. The zero-order valence-electron chi connectivity index (χ0n) is 16.8. The molecule has 0 aliphatic carbocycles. The van der Waals surface area contributed by atoms with Crippen LogP contribution in [0.1, 0.15) is 53.5 Å². The summed E-state index contributed by atoms with van der Waals surface area (Å²) >= 11 is 0. The second-order valence-electron chi connectivity index (χ2n) is 7.15. The zero-order chi connectivity index (χ0) is 24.0. The number of nitrogens with one attached hydrogen (secondary N) is 1. The van der Waals surface area contributed by atoms with Gasteiger partial charge in [-0.1, -0.05) is 13.8 Å². The molecule has 0 unspecified atom stereocenters. The van der Waals surface area contributed by atoms with Gasteiger partial charge in [0.15, 0.2) is 11.5 Å². The van der Waals surface area contributed by atoms with Crippen LogP contribution in [-0.2, 0) is 13.2 Å². The predicted molar refractivity (Wildman–Crippen MR) is 98.7 cm³/mol. The number of hydrogen-bond donors (Lipinski definition) is 1. The van der Waals surface area contributed by atoms with Crippen LogP contribution in [0.15, 0.2) is 24.5 Å². The van der Waals surface area contributed by atoms with Crippen LogP contribution in [0.2, 0.25) is 0 Å². The monoisotopic (exact) mass is 463 g/mol. The van der Waals surface area contributed by atoms with Crippen molar-refractivity contribution in [3.63, 3.8) is 0 Å². The Morgan fingerprint density at radius 2 is 1.81 bits per heavy atom. The van der Waals surface area contributed by atoms with Gasteiger partial charge in [-0.2, -0.15) is 23.4 Å². The Balaban J connectivity index is 2.14.